The molecule has 1 fully saturated rings. The van der Waals surface area contributed by atoms with Gasteiger partial charge in [-0.2, -0.15) is 5.26 Å². The zero-order valence-corrected chi connectivity index (χ0v) is 13.2. The Morgan fingerprint density at radius 1 is 1.09 bits per heavy atom. The van der Waals surface area contributed by atoms with Gasteiger partial charge in [0.1, 0.15) is 6.54 Å². The average molecular weight is 313 g/mol. The molecule has 0 saturated carbocycles. The van der Waals surface area contributed by atoms with Gasteiger partial charge in [-0.1, -0.05) is 29.8 Å². The Hall–Kier alpha value is -2.02. The highest BCUT2D eigenvalue weighted by Crippen LogP contribution is 2.19. The zero-order chi connectivity index (χ0) is 15.4. The quantitative estimate of drug-likeness (QED) is 0.941. The van der Waals surface area contributed by atoms with Gasteiger partial charge in [-0.15, -0.1) is 0 Å². The van der Waals surface area contributed by atoms with Gasteiger partial charge < -0.3 is 9.80 Å². The van der Waals surface area contributed by atoms with E-state index in [0.717, 1.165) is 43.3 Å². The molecule has 1 saturated heterocycles. The van der Waals surface area contributed by atoms with Crippen LogP contribution < -0.4 is 9.80 Å². The molecule has 1 aliphatic rings. The van der Waals surface area contributed by atoms with Crippen molar-refractivity contribution in [2.45, 2.75) is 6.54 Å². The van der Waals surface area contributed by atoms with Gasteiger partial charge in [-0.25, -0.2) is 0 Å². The molecule has 1 heterocycles. The Morgan fingerprint density at radius 2 is 1.82 bits per heavy atom. The number of hydrogen-bond acceptors (Lipinski definition) is 2. The summed E-state index contributed by atoms with van der Waals surface area (Å²) < 4.78 is 0. The van der Waals surface area contributed by atoms with Crippen molar-refractivity contribution in [1.29, 1.82) is 5.26 Å². The maximum atomic E-state index is 8.84. The first-order chi connectivity index (χ1) is 10.7. The number of hydrogen-bond donors (Lipinski definition) is 1. The number of nitriles is 1. The van der Waals surface area contributed by atoms with Crippen molar-refractivity contribution >= 4 is 17.3 Å². The minimum Gasteiger partial charge on any atom is -0.360 e. The molecule has 0 unspecified atom stereocenters. The summed E-state index contributed by atoms with van der Waals surface area (Å²) in [4.78, 5) is 3.98. The van der Waals surface area contributed by atoms with Gasteiger partial charge in [-0.05, 0) is 30.3 Å². The number of benzene rings is 2. The zero-order valence-electron chi connectivity index (χ0n) is 12.4. The first kappa shape index (κ1) is 14.9. The lowest BCUT2D eigenvalue weighted by molar-refractivity contribution is -0.914. The first-order valence-electron chi connectivity index (χ1n) is 7.58. The van der Waals surface area contributed by atoms with Crippen molar-refractivity contribution in [1.82, 2.24) is 0 Å². The maximum Gasteiger partial charge on any atom is 0.103 e. The molecule has 0 aromatic heterocycles. The lowest BCUT2D eigenvalue weighted by Gasteiger charge is -2.33. The first-order valence-corrected chi connectivity index (χ1v) is 7.95. The van der Waals surface area contributed by atoms with Crippen LogP contribution in [0.15, 0.2) is 48.5 Å². The third-order valence-electron chi connectivity index (χ3n) is 4.18. The molecule has 0 radical (unpaired) electrons. The highest BCUT2D eigenvalue weighted by molar-refractivity contribution is 6.30. The Labute approximate surface area is 136 Å². The summed E-state index contributed by atoms with van der Waals surface area (Å²) in [5.74, 6) is 0. The molecule has 22 heavy (non-hydrogen) atoms. The number of quaternary nitrogens is 1. The van der Waals surface area contributed by atoms with E-state index in [1.165, 1.54) is 11.3 Å². The Morgan fingerprint density at radius 3 is 2.45 bits per heavy atom. The normalized spacial score (nSPS) is 15.5. The van der Waals surface area contributed by atoms with Crippen LogP contribution in [0.2, 0.25) is 5.02 Å². The Bertz CT molecular complexity index is 667. The van der Waals surface area contributed by atoms with E-state index >= 15 is 0 Å². The van der Waals surface area contributed by atoms with Gasteiger partial charge >= 0.3 is 0 Å². The van der Waals surface area contributed by atoms with Crippen LogP contribution in [-0.4, -0.2) is 26.2 Å². The fourth-order valence-electron chi connectivity index (χ4n) is 2.92. The summed E-state index contributed by atoms with van der Waals surface area (Å²) in [6.45, 7) is 5.35. The Balaban J connectivity index is 1.56. The van der Waals surface area contributed by atoms with Crippen molar-refractivity contribution in [3.8, 4) is 6.07 Å². The summed E-state index contributed by atoms with van der Waals surface area (Å²) in [6, 6.07) is 18.2. The van der Waals surface area contributed by atoms with Gasteiger partial charge in [0.2, 0.25) is 0 Å². The predicted molar refractivity (Wildman–Crippen MR) is 89.2 cm³/mol. The SMILES string of the molecule is N#Cc1ccc(C[NH+]2CCN(c3cccc(Cl)c3)CC2)cc1. The lowest BCUT2D eigenvalue weighted by Crippen LogP contribution is -3.13. The third kappa shape index (κ3) is 3.59. The van der Waals surface area contributed by atoms with Crippen LogP contribution in [-0.2, 0) is 6.54 Å². The van der Waals surface area contributed by atoms with E-state index in [-0.39, 0.29) is 0 Å². The second kappa shape index (κ2) is 6.83. The van der Waals surface area contributed by atoms with Gasteiger partial charge in [0, 0.05) is 16.3 Å². The molecule has 1 aliphatic heterocycles. The largest absolute Gasteiger partial charge is 0.360 e. The van der Waals surface area contributed by atoms with E-state index in [2.05, 4.69) is 29.2 Å². The molecule has 0 bridgehead atoms. The number of rotatable bonds is 3. The van der Waals surface area contributed by atoms with Crippen LogP contribution in [0.5, 0.6) is 0 Å². The van der Waals surface area contributed by atoms with E-state index in [9.17, 15) is 0 Å². The molecule has 4 heteroatoms. The minimum atomic E-state index is 0.726. The number of nitrogens with one attached hydrogen (secondary N) is 1. The summed E-state index contributed by atoms with van der Waals surface area (Å²) in [6.07, 6.45) is 0. The van der Waals surface area contributed by atoms with Gasteiger partial charge in [0.05, 0.1) is 37.8 Å². The van der Waals surface area contributed by atoms with Crippen molar-refractivity contribution < 1.29 is 4.90 Å². The maximum absolute atomic E-state index is 8.84. The molecule has 2 aromatic carbocycles. The van der Waals surface area contributed by atoms with Crippen molar-refractivity contribution in [3.05, 3.63) is 64.7 Å². The van der Waals surface area contributed by atoms with E-state index in [0.29, 0.717) is 0 Å². The van der Waals surface area contributed by atoms with Crippen LogP contribution in [0.1, 0.15) is 11.1 Å². The van der Waals surface area contributed by atoms with Crippen LogP contribution in [0, 0.1) is 11.3 Å². The molecule has 0 amide bonds. The molecule has 1 N–H and O–H groups in total. The fraction of sp³-hybridized carbons (Fsp3) is 0.278. The van der Waals surface area contributed by atoms with Crippen LogP contribution in [0.4, 0.5) is 5.69 Å². The van der Waals surface area contributed by atoms with Gasteiger partial charge in [-0.3, -0.25) is 0 Å². The second-order valence-electron chi connectivity index (χ2n) is 5.70. The lowest BCUT2D eigenvalue weighted by atomic mass is 10.1. The fourth-order valence-corrected chi connectivity index (χ4v) is 3.10. The highest BCUT2D eigenvalue weighted by Gasteiger charge is 2.20. The molecular formula is C18H19ClN3+. The standard InChI is InChI=1S/C18H18ClN3/c19-17-2-1-3-18(12-17)22-10-8-21(9-11-22)14-16-6-4-15(13-20)5-7-16/h1-7,12H,8-11,14H2/p+1. The third-order valence-corrected chi connectivity index (χ3v) is 4.42. The summed E-state index contributed by atoms with van der Waals surface area (Å²) in [5, 5.41) is 9.63. The number of anilines is 1. The van der Waals surface area contributed by atoms with Gasteiger partial charge in [0.15, 0.2) is 0 Å². The predicted octanol–water partition coefficient (Wildman–Crippen LogP) is 2.12. The highest BCUT2D eigenvalue weighted by atomic mass is 35.5. The molecule has 0 atom stereocenters. The number of piperazine rings is 1. The van der Waals surface area contributed by atoms with Crippen LogP contribution >= 0.6 is 11.6 Å². The van der Waals surface area contributed by atoms with Crippen molar-refractivity contribution in [2.75, 3.05) is 31.1 Å². The molecule has 0 spiro atoms. The topological polar surface area (TPSA) is 31.5 Å². The van der Waals surface area contributed by atoms with E-state index in [1.807, 2.05) is 30.3 Å². The average Bonchev–Trinajstić information content (AvgIpc) is 2.56. The summed E-state index contributed by atoms with van der Waals surface area (Å²) in [5.41, 5.74) is 3.24. The number of halogens is 1. The summed E-state index contributed by atoms with van der Waals surface area (Å²) >= 11 is 6.07. The molecular weight excluding hydrogens is 294 g/mol. The molecule has 3 rings (SSSR count). The summed E-state index contributed by atoms with van der Waals surface area (Å²) in [7, 11) is 0. The molecule has 0 aliphatic carbocycles. The molecule has 3 nitrogen and oxygen atoms in total. The minimum absolute atomic E-state index is 0.726. The smallest absolute Gasteiger partial charge is 0.103 e. The molecule has 2 aromatic rings. The van der Waals surface area contributed by atoms with Crippen molar-refractivity contribution in [2.24, 2.45) is 0 Å². The van der Waals surface area contributed by atoms with Crippen LogP contribution in [0.25, 0.3) is 0 Å². The van der Waals surface area contributed by atoms with E-state index in [1.54, 1.807) is 4.90 Å². The molecule has 112 valence electrons. The number of nitrogens with zero attached hydrogens (tertiary/aromatic N) is 2. The van der Waals surface area contributed by atoms with E-state index < -0.39 is 0 Å². The van der Waals surface area contributed by atoms with Crippen molar-refractivity contribution in [3.63, 3.8) is 0 Å². The Kier molecular flexibility index (Phi) is 4.62. The monoisotopic (exact) mass is 312 g/mol. The van der Waals surface area contributed by atoms with Gasteiger partial charge in [0.25, 0.3) is 0 Å². The van der Waals surface area contributed by atoms with Crippen LogP contribution in [0.3, 0.4) is 0 Å². The van der Waals surface area contributed by atoms with E-state index in [4.69, 9.17) is 16.9 Å². The second-order valence-corrected chi connectivity index (χ2v) is 6.14.